The predicted molar refractivity (Wildman–Crippen MR) is 85.9 cm³/mol. The SMILES string of the molecule is CCCOc1c(CNC(=O)[C@H]2CC[C@@H](N)C2)cccc1OC. The molecule has 1 fully saturated rings. The summed E-state index contributed by atoms with van der Waals surface area (Å²) >= 11 is 0. The Labute approximate surface area is 132 Å². The van der Waals surface area contributed by atoms with Crippen LogP contribution in [0.2, 0.25) is 0 Å². The highest BCUT2D eigenvalue weighted by molar-refractivity contribution is 5.79. The van der Waals surface area contributed by atoms with Crippen molar-refractivity contribution in [3.05, 3.63) is 23.8 Å². The summed E-state index contributed by atoms with van der Waals surface area (Å²) < 4.78 is 11.1. The molecule has 1 aliphatic rings. The number of ether oxygens (including phenoxy) is 2. The van der Waals surface area contributed by atoms with Gasteiger partial charge in [0.2, 0.25) is 5.91 Å². The van der Waals surface area contributed by atoms with Gasteiger partial charge in [-0.15, -0.1) is 0 Å². The highest BCUT2D eigenvalue weighted by Crippen LogP contribution is 2.31. The molecule has 2 rings (SSSR count). The second-order valence-corrected chi connectivity index (χ2v) is 5.78. The number of amides is 1. The molecule has 0 saturated heterocycles. The molecule has 0 spiro atoms. The van der Waals surface area contributed by atoms with E-state index in [4.69, 9.17) is 15.2 Å². The van der Waals surface area contributed by atoms with Gasteiger partial charge in [0, 0.05) is 24.1 Å². The van der Waals surface area contributed by atoms with Crippen LogP contribution in [-0.4, -0.2) is 25.7 Å². The Kier molecular flexibility index (Phi) is 6.07. The van der Waals surface area contributed by atoms with E-state index in [9.17, 15) is 4.79 Å². The van der Waals surface area contributed by atoms with Crippen LogP contribution in [0, 0.1) is 5.92 Å². The van der Waals surface area contributed by atoms with Crippen molar-refractivity contribution in [2.45, 2.75) is 45.2 Å². The van der Waals surface area contributed by atoms with Gasteiger partial charge in [-0.05, 0) is 31.7 Å². The van der Waals surface area contributed by atoms with Crippen molar-refractivity contribution in [1.82, 2.24) is 5.32 Å². The average Bonchev–Trinajstić information content (AvgIpc) is 2.97. The third-order valence-corrected chi connectivity index (χ3v) is 4.03. The fraction of sp³-hybridized carbons (Fsp3) is 0.588. The molecule has 0 heterocycles. The van der Waals surface area contributed by atoms with Crippen LogP contribution in [0.1, 0.15) is 38.2 Å². The first-order valence-corrected chi connectivity index (χ1v) is 7.97. The van der Waals surface area contributed by atoms with Crippen LogP contribution >= 0.6 is 0 Å². The molecule has 0 aliphatic heterocycles. The van der Waals surface area contributed by atoms with Crippen molar-refractivity contribution < 1.29 is 14.3 Å². The van der Waals surface area contributed by atoms with E-state index in [2.05, 4.69) is 12.2 Å². The number of hydrogen-bond acceptors (Lipinski definition) is 4. The zero-order valence-corrected chi connectivity index (χ0v) is 13.4. The maximum atomic E-state index is 12.2. The number of nitrogens with one attached hydrogen (secondary N) is 1. The molecule has 5 nitrogen and oxygen atoms in total. The molecule has 3 N–H and O–H groups in total. The van der Waals surface area contributed by atoms with Crippen LogP contribution in [0.3, 0.4) is 0 Å². The number of nitrogens with two attached hydrogens (primary N) is 1. The molecular weight excluding hydrogens is 280 g/mol. The second kappa shape index (κ2) is 8.03. The first-order valence-electron chi connectivity index (χ1n) is 7.97. The minimum absolute atomic E-state index is 0.0422. The van der Waals surface area contributed by atoms with Gasteiger partial charge in [-0.3, -0.25) is 4.79 Å². The molecule has 1 amide bonds. The third-order valence-electron chi connectivity index (χ3n) is 4.03. The lowest BCUT2D eigenvalue weighted by Crippen LogP contribution is -2.30. The van der Waals surface area contributed by atoms with Gasteiger partial charge in [-0.25, -0.2) is 0 Å². The van der Waals surface area contributed by atoms with Crippen LogP contribution in [-0.2, 0) is 11.3 Å². The summed E-state index contributed by atoms with van der Waals surface area (Å²) in [5.74, 6) is 1.54. The maximum Gasteiger partial charge on any atom is 0.223 e. The van der Waals surface area contributed by atoms with E-state index in [0.29, 0.717) is 18.9 Å². The molecule has 22 heavy (non-hydrogen) atoms. The fourth-order valence-corrected chi connectivity index (χ4v) is 2.81. The number of carbonyl (C=O) groups is 1. The van der Waals surface area contributed by atoms with Gasteiger partial charge < -0.3 is 20.5 Å². The van der Waals surface area contributed by atoms with E-state index in [1.165, 1.54) is 0 Å². The molecule has 1 aromatic carbocycles. The Balaban J connectivity index is 2.00. The highest BCUT2D eigenvalue weighted by atomic mass is 16.5. The van der Waals surface area contributed by atoms with Crippen LogP contribution in [0.5, 0.6) is 11.5 Å². The molecule has 0 bridgehead atoms. The van der Waals surface area contributed by atoms with E-state index >= 15 is 0 Å². The zero-order chi connectivity index (χ0) is 15.9. The van der Waals surface area contributed by atoms with Gasteiger partial charge in [0.15, 0.2) is 11.5 Å². The van der Waals surface area contributed by atoms with E-state index in [1.54, 1.807) is 7.11 Å². The van der Waals surface area contributed by atoms with Crippen LogP contribution in [0.15, 0.2) is 18.2 Å². The number of carbonyl (C=O) groups excluding carboxylic acids is 1. The maximum absolute atomic E-state index is 12.2. The molecule has 1 aliphatic carbocycles. The van der Waals surface area contributed by atoms with Gasteiger partial charge in [0.25, 0.3) is 0 Å². The number of methoxy groups -OCH3 is 1. The topological polar surface area (TPSA) is 73.6 Å². The number of benzene rings is 1. The van der Waals surface area contributed by atoms with E-state index in [1.807, 2.05) is 18.2 Å². The normalized spacial score (nSPS) is 20.7. The second-order valence-electron chi connectivity index (χ2n) is 5.78. The predicted octanol–water partition coefficient (Wildman–Crippen LogP) is 2.23. The summed E-state index contributed by atoms with van der Waals surface area (Å²) in [4.78, 5) is 12.2. The van der Waals surface area contributed by atoms with E-state index in [0.717, 1.165) is 37.0 Å². The molecule has 0 aromatic heterocycles. The Morgan fingerprint density at radius 1 is 1.41 bits per heavy atom. The van der Waals surface area contributed by atoms with Crippen LogP contribution in [0.25, 0.3) is 0 Å². The molecule has 1 aromatic rings. The molecule has 2 atom stereocenters. The van der Waals surface area contributed by atoms with E-state index < -0.39 is 0 Å². The summed E-state index contributed by atoms with van der Waals surface area (Å²) in [5.41, 5.74) is 6.80. The highest BCUT2D eigenvalue weighted by Gasteiger charge is 2.27. The van der Waals surface area contributed by atoms with Gasteiger partial charge >= 0.3 is 0 Å². The third kappa shape index (κ3) is 4.13. The van der Waals surface area contributed by atoms with Gasteiger partial charge in [0.05, 0.1) is 13.7 Å². The average molecular weight is 306 g/mol. The summed E-state index contributed by atoms with van der Waals surface area (Å²) in [6, 6.07) is 5.89. The summed E-state index contributed by atoms with van der Waals surface area (Å²) in [5, 5.41) is 3.00. The molecule has 5 heteroatoms. The molecule has 1 saturated carbocycles. The van der Waals surface area contributed by atoms with Gasteiger partial charge in [0.1, 0.15) is 0 Å². The fourth-order valence-electron chi connectivity index (χ4n) is 2.81. The monoisotopic (exact) mass is 306 g/mol. The van der Waals surface area contributed by atoms with Crippen molar-refractivity contribution >= 4 is 5.91 Å². The first kappa shape index (κ1) is 16.6. The van der Waals surface area contributed by atoms with E-state index in [-0.39, 0.29) is 17.9 Å². The molecule has 0 unspecified atom stereocenters. The lowest BCUT2D eigenvalue weighted by atomic mass is 10.1. The van der Waals surface area contributed by atoms with Crippen molar-refractivity contribution in [3.8, 4) is 11.5 Å². The molecular formula is C17H26N2O3. The standard InChI is InChI=1S/C17H26N2O3/c1-3-9-22-16-13(5-4-6-15(16)21-2)11-19-17(20)12-7-8-14(18)10-12/h4-6,12,14H,3,7-11,18H2,1-2H3,(H,19,20)/t12-,14+/m0/s1. The van der Waals surface area contributed by atoms with Crippen LogP contribution in [0.4, 0.5) is 0 Å². The number of hydrogen-bond donors (Lipinski definition) is 2. The molecule has 122 valence electrons. The Morgan fingerprint density at radius 3 is 2.86 bits per heavy atom. The lowest BCUT2D eigenvalue weighted by Gasteiger charge is -2.16. The van der Waals surface area contributed by atoms with Crippen molar-refractivity contribution in [2.24, 2.45) is 11.7 Å². The number of para-hydroxylation sites is 1. The minimum Gasteiger partial charge on any atom is -0.493 e. The quantitative estimate of drug-likeness (QED) is 0.810. The Hall–Kier alpha value is -1.75. The van der Waals surface area contributed by atoms with Gasteiger partial charge in [-0.1, -0.05) is 19.1 Å². The summed E-state index contributed by atoms with van der Waals surface area (Å²) in [7, 11) is 1.62. The lowest BCUT2D eigenvalue weighted by molar-refractivity contribution is -0.125. The van der Waals surface area contributed by atoms with Gasteiger partial charge in [-0.2, -0.15) is 0 Å². The van der Waals surface area contributed by atoms with Crippen LogP contribution < -0.4 is 20.5 Å². The Morgan fingerprint density at radius 2 is 2.23 bits per heavy atom. The smallest absolute Gasteiger partial charge is 0.223 e. The molecule has 0 radical (unpaired) electrons. The van der Waals surface area contributed by atoms with Crippen molar-refractivity contribution in [2.75, 3.05) is 13.7 Å². The largest absolute Gasteiger partial charge is 0.493 e. The Bertz CT molecular complexity index is 505. The summed E-state index contributed by atoms with van der Waals surface area (Å²) in [6.07, 6.45) is 3.51. The summed E-state index contributed by atoms with van der Waals surface area (Å²) in [6.45, 7) is 3.12. The van der Waals surface area contributed by atoms with Crippen molar-refractivity contribution in [3.63, 3.8) is 0 Å². The van der Waals surface area contributed by atoms with Crippen molar-refractivity contribution in [1.29, 1.82) is 0 Å². The zero-order valence-electron chi connectivity index (χ0n) is 13.4. The minimum atomic E-state index is 0.0422. The number of rotatable bonds is 7. The first-order chi connectivity index (χ1) is 10.7.